The Kier molecular flexibility index (Phi) is 13.0. The second-order valence-electron chi connectivity index (χ2n) is 11.1. The molecule has 0 aliphatic rings. The summed E-state index contributed by atoms with van der Waals surface area (Å²) in [6.45, 7) is 5.34. The van der Waals surface area contributed by atoms with E-state index in [0.717, 1.165) is 11.1 Å². The Labute approximate surface area is 253 Å². The van der Waals surface area contributed by atoms with Gasteiger partial charge in [0.1, 0.15) is 18.4 Å². The number of ether oxygens (including phenoxy) is 1. The zero-order valence-electron chi connectivity index (χ0n) is 24.9. The predicted octanol–water partition coefficient (Wildman–Crippen LogP) is 5.95. The highest BCUT2D eigenvalue weighted by atomic mass is 31.2. The number of anilines is 1. The van der Waals surface area contributed by atoms with E-state index >= 15 is 0 Å². The van der Waals surface area contributed by atoms with Crippen molar-refractivity contribution in [3.63, 3.8) is 0 Å². The van der Waals surface area contributed by atoms with Gasteiger partial charge in [0.2, 0.25) is 19.2 Å². The van der Waals surface area contributed by atoms with Crippen LogP contribution in [0.4, 0.5) is 10.5 Å². The molecule has 0 spiro atoms. The maximum absolute atomic E-state index is 13.7. The van der Waals surface area contributed by atoms with Crippen molar-refractivity contribution < 1.29 is 28.6 Å². The number of alkyl carbamates (subject to hydrolysis) is 1. The summed E-state index contributed by atoms with van der Waals surface area (Å²) in [4.78, 5) is 50.3. The maximum Gasteiger partial charge on any atom is 0.408 e. The van der Waals surface area contributed by atoms with Gasteiger partial charge in [0.25, 0.3) is 0 Å². The molecule has 0 aromatic heterocycles. The molecular weight excluding hydrogens is 565 g/mol. The Hall–Kier alpha value is -3.94. The molecule has 10 heteroatoms. The molecule has 3 amide bonds. The lowest BCUT2D eigenvalue weighted by molar-refractivity contribution is -0.129. The first-order valence-corrected chi connectivity index (χ1v) is 16.4. The van der Waals surface area contributed by atoms with Crippen LogP contribution in [-0.2, 0) is 31.9 Å². The first kappa shape index (κ1) is 33.6. The van der Waals surface area contributed by atoms with Crippen LogP contribution in [-0.4, -0.2) is 40.8 Å². The zero-order chi connectivity index (χ0) is 31.2. The van der Waals surface area contributed by atoms with E-state index in [-0.39, 0.29) is 31.0 Å². The van der Waals surface area contributed by atoms with E-state index in [1.165, 1.54) is 6.92 Å². The summed E-state index contributed by atoms with van der Waals surface area (Å²) in [5, 5.41) is 8.14. The molecule has 0 heterocycles. The maximum atomic E-state index is 13.7. The molecule has 4 atom stereocenters. The number of amides is 3. The van der Waals surface area contributed by atoms with Crippen LogP contribution in [0.5, 0.6) is 0 Å². The Morgan fingerprint density at radius 1 is 0.791 bits per heavy atom. The number of hydrogen-bond donors (Lipinski definition) is 4. The number of rotatable bonds is 15. The minimum absolute atomic E-state index is 0.0134. The van der Waals surface area contributed by atoms with E-state index < -0.39 is 37.1 Å². The Bertz CT molecular complexity index is 1350. The standard InChI is InChI=1S/C33H42N3O6P/c1-24(2)21-30(32(38)35-29-17-11-6-12-18-29)36-31(37)28(20-19-26-13-7-4-8-14-26)23-43(40,41)25(3)34-33(39)42-22-27-15-9-5-10-16-27/h4-18,24-25,28,30H,19-23H2,1-3H3,(H,34,39)(H,35,38)(H,36,37)(H,40,41)/t25-,28?,30+/m1/s1. The molecule has 4 N–H and O–H groups in total. The van der Waals surface area contributed by atoms with Crippen molar-refractivity contribution >= 4 is 31.0 Å². The highest BCUT2D eigenvalue weighted by Crippen LogP contribution is 2.47. The first-order valence-electron chi connectivity index (χ1n) is 14.5. The fourth-order valence-corrected chi connectivity index (χ4v) is 6.15. The fraction of sp³-hybridized carbons (Fsp3) is 0.364. The van der Waals surface area contributed by atoms with Crippen LogP contribution in [0.2, 0.25) is 0 Å². The predicted molar refractivity (Wildman–Crippen MR) is 169 cm³/mol. The van der Waals surface area contributed by atoms with Crippen molar-refractivity contribution in [1.29, 1.82) is 0 Å². The monoisotopic (exact) mass is 607 g/mol. The lowest BCUT2D eigenvalue weighted by Crippen LogP contribution is -2.47. The quantitative estimate of drug-likeness (QED) is 0.158. The Morgan fingerprint density at radius 3 is 1.93 bits per heavy atom. The number of carbonyl (C=O) groups is 3. The number of nitrogens with one attached hydrogen (secondary N) is 3. The molecule has 9 nitrogen and oxygen atoms in total. The third kappa shape index (κ3) is 11.7. The van der Waals surface area contributed by atoms with Crippen LogP contribution < -0.4 is 16.0 Å². The van der Waals surface area contributed by atoms with E-state index in [2.05, 4.69) is 16.0 Å². The topological polar surface area (TPSA) is 134 Å². The number of hydrogen-bond acceptors (Lipinski definition) is 5. The highest BCUT2D eigenvalue weighted by molar-refractivity contribution is 7.58. The van der Waals surface area contributed by atoms with Gasteiger partial charge in [-0.2, -0.15) is 0 Å². The Balaban J connectivity index is 1.71. The molecule has 2 unspecified atom stereocenters. The second-order valence-corrected chi connectivity index (χ2v) is 13.7. The van der Waals surface area contributed by atoms with Crippen LogP contribution in [0.1, 0.15) is 44.7 Å². The van der Waals surface area contributed by atoms with Crippen molar-refractivity contribution in [1.82, 2.24) is 10.6 Å². The lowest BCUT2D eigenvalue weighted by Gasteiger charge is -2.27. The van der Waals surface area contributed by atoms with Gasteiger partial charge in [-0.1, -0.05) is 92.7 Å². The Morgan fingerprint density at radius 2 is 1.35 bits per heavy atom. The molecule has 0 bridgehead atoms. The van der Waals surface area contributed by atoms with E-state index in [1.807, 2.05) is 68.4 Å². The summed E-state index contributed by atoms with van der Waals surface area (Å²) in [5.74, 6) is -2.79. The van der Waals surface area contributed by atoms with Crippen molar-refractivity contribution in [2.75, 3.05) is 11.5 Å². The molecule has 0 fully saturated rings. The van der Waals surface area contributed by atoms with Crippen LogP contribution >= 0.6 is 7.37 Å². The summed E-state index contributed by atoms with van der Waals surface area (Å²) >= 11 is 0. The van der Waals surface area contributed by atoms with Crippen molar-refractivity contribution in [3.8, 4) is 0 Å². The second kappa shape index (κ2) is 16.6. The summed E-state index contributed by atoms with van der Waals surface area (Å²) in [5.41, 5.74) is 2.36. The van der Waals surface area contributed by atoms with E-state index in [4.69, 9.17) is 4.74 Å². The van der Waals surface area contributed by atoms with Crippen molar-refractivity contribution in [3.05, 3.63) is 102 Å². The van der Waals surface area contributed by atoms with Crippen LogP contribution in [0.25, 0.3) is 0 Å². The molecule has 0 radical (unpaired) electrons. The van der Waals surface area contributed by atoms with Gasteiger partial charge in [0, 0.05) is 17.8 Å². The van der Waals surface area contributed by atoms with Crippen LogP contribution in [0.15, 0.2) is 91.0 Å². The van der Waals surface area contributed by atoms with Gasteiger partial charge in [-0.15, -0.1) is 0 Å². The molecule has 43 heavy (non-hydrogen) atoms. The minimum Gasteiger partial charge on any atom is -0.445 e. The van der Waals surface area contributed by atoms with Crippen LogP contribution in [0, 0.1) is 11.8 Å². The summed E-state index contributed by atoms with van der Waals surface area (Å²) in [6, 6.07) is 26.7. The number of aryl methyl sites for hydroxylation is 1. The van der Waals surface area contributed by atoms with E-state index in [0.29, 0.717) is 18.5 Å². The number of para-hydroxylation sites is 1. The number of benzene rings is 3. The number of carbonyl (C=O) groups excluding carboxylic acids is 3. The largest absolute Gasteiger partial charge is 0.445 e. The van der Waals surface area contributed by atoms with Gasteiger partial charge in [0.15, 0.2) is 0 Å². The molecule has 3 aromatic rings. The first-order chi connectivity index (χ1) is 20.5. The van der Waals surface area contributed by atoms with Gasteiger partial charge in [-0.25, -0.2) is 4.79 Å². The van der Waals surface area contributed by atoms with Crippen LogP contribution in [0.3, 0.4) is 0 Å². The molecule has 0 aliphatic carbocycles. The van der Waals surface area contributed by atoms with Crippen molar-refractivity contribution in [2.24, 2.45) is 11.8 Å². The molecule has 230 valence electrons. The molecule has 0 saturated carbocycles. The molecular formula is C33H42N3O6P. The zero-order valence-corrected chi connectivity index (χ0v) is 25.8. The SMILES string of the molecule is CC(C)C[C@H](NC(=O)C(CCc1ccccc1)CP(=O)(O)[C@H](C)NC(=O)OCc1ccccc1)C(=O)Nc1ccccc1. The van der Waals surface area contributed by atoms with Gasteiger partial charge in [-0.05, 0) is 55.4 Å². The summed E-state index contributed by atoms with van der Waals surface area (Å²) < 4.78 is 18.7. The summed E-state index contributed by atoms with van der Waals surface area (Å²) in [7, 11) is -4.09. The van der Waals surface area contributed by atoms with Gasteiger partial charge in [-0.3, -0.25) is 14.2 Å². The van der Waals surface area contributed by atoms with Gasteiger partial charge >= 0.3 is 6.09 Å². The van der Waals surface area contributed by atoms with Gasteiger partial charge < -0.3 is 25.6 Å². The van der Waals surface area contributed by atoms with E-state index in [1.54, 1.807) is 36.4 Å². The third-order valence-corrected chi connectivity index (χ3v) is 9.31. The van der Waals surface area contributed by atoms with Crippen molar-refractivity contribution in [2.45, 2.75) is 58.5 Å². The van der Waals surface area contributed by atoms with E-state index in [9.17, 15) is 23.8 Å². The fourth-order valence-electron chi connectivity index (χ4n) is 4.54. The minimum atomic E-state index is -4.09. The normalized spacial score (nSPS) is 14.5. The smallest absolute Gasteiger partial charge is 0.408 e. The molecule has 0 aliphatic heterocycles. The molecule has 0 saturated heterocycles. The average Bonchev–Trinajstić information content (AvgIpc) is 2.99. The lowest BCUT2D eigenvalue weighted by atomic mass is 9.98. The third-order valence-electron chi connectivity index (χ3n) is 7.00. The summed E-state index contributed by atoms with van der Waals surface area (Å²) in [6.07, 6.45) is -0.0470. The average molecular weight is 608 g/mol. The molecule has 3 rings (SSSR count). The highest BCUT2D eigenvalue weighted by Gasteiger charge is 2.36. The van der Waals surface area contributed by atoms with Gasteiger partial charge in [0.05, 0.1) is 0 Å². The molecule has 3 aromatic carbocycles.